The first-order valence-electron chi connectivity index (χ1n) is 10.7. The molecule has 0 spiro atoms. The zero-order valence-corrected chi connectivity index (χ0v) is 20.9. The second-order valence-corrected chi connectivity index (χ2v) is 9.79. The zero-order chi connectivity index (χ0) is 26.4. The Morgan fingerprint density at radius 3 is 2.34 bits per heavy atom. The lowest BCUT2D eigenvalue weighted by molar-refractivity contribution is -0.343. The first kappa shape index (κ1) is 28.7. The van der Waals surface area contributed by atoms with Gasteiger partial charge >= 0.3 is 11.9 Å². The Morgan fingerprint density at radius 1 is 1.20 bits per heavy atom. The van der Waals surface area contributed by atoms with Crippen LogP contribution in [0, 0.1) is 0 Å². The molecule has 1 unspecified atom stereocenters. The molecule has 1 heterocycles. The Kier molecular flexibility index (Phi) is 9.75. The van der Waals surface area contributed by atoms with E-state index in [1.807, 2.05) is 0 Å². The number of nitrogens with one attached hydrogen (secondary N) is 1. The minimum atomic E-state index is -3.95. The van der Waals surface area contributed by atoms with Crippen molar-refractivity contribution in [2.24, 2.45) is 0 Å². The van der Waals surface area contributed by atoms with E-state index in [9.17, 15) is 27.9 Å². The fourth-order valence-electron chi connectivity index (χ4n) is 3.83. The van der Waals surface area contributed by atoms with Crippen molar-refractivity contribution in [3.05, 3.63) is 35.9 Å². The third kappa shape index (κ3) is 7.97. The van der Waals surface area contributed by atoms with Gasteiger partial charge in [0, 0.05) is 20.3 Å². The second-order valence-electron chi connectivity index (χ2n) is 8.15. The highest BCUT2D eigenvalue weighted by Crippen LogP contribution is 2.37. The fourth-order valence-corrected chi connectivity index (χ4v) is 4.21. The number of aliphatic hydroxyl groups excluding tert-OH is 1. The summed E-state index contributed by atoms with van der Waals surface area (Å²) in [5.74, 6) is -4.05. The topological polar surface area (TPSA) is 164 Å². The minimum Gasteiger partial charge on any atom is -0.467 e. The van der Waals surface area contributed by atoms with Gasteiger partial charge in [0.2, 0.25) is 5.91 Å². The van der Waals surface area contributed by atoms with Crippen LogP contribution in [0.25, 0.3) is 0 Å². The summed E-state index contributed by atoms with van der Waals surface area (Å²) < 4.78 is 50.3. The van der Waals surface area contributed by atoms with E-state index in [2.05, 4.69) is 5.32 Å². The summed E-state index contributed by atoms with van der Waals surface area (Å²) >= 11 is 0. The van der Waals surface area contributed by atoms with Crippen LogP contribution in [0.5, 0.6) is 0 Å². The molecule has 13 heteroatoms. The van der Waals surface area contributed by atoms with Gasteiger partial charge in [-0.25, -0.2) is 4.79 Å². The number of rotatable bonds is 10. The van der Waals surface area contributed by atoms with Crippen molar-refractivity contribution >= 4 is 28.0 Å². The van der Waals surface area contributed by atoms with Crippen molar-refractivity contribution in [3.63, 3.8) is 0 Å². The zero-order valence-electron chi connectivity index (χ0n) is 20.1. The number of methoxy groups -OCH3 is 1. The van der Waals surface area contributed by atoms with Crippen molar-refractivity contribution in [2.75, 3.05) is 20.0 Å². The predicted octanol–water partition coefficient (Wildman–Crippen LogP) is -0.324. The van der Waals surface area contributed by atoms with Crippen LogP contribution in [0.4, 0.5) is 0 Å². The number of carbonyl (C=O) groups excluding carboxylic acids is 3. The molecule has 1 aromatic carbocycles. The van der Waals surface area contributed by atoms with Crippen LogP contribution < -0.4 is 5.32 Å². The van der Waals surface area contributed by atoms with E-state index in [0.717, 1.165) is 20.3 Å². The molecule has 1 aliphatic heterocycles. The highest BCUT2D eigenvalue weighted by Gasteiger charge is 2.58. The second kappa shape index (κ2) is 11.9. The largest absolute Gasteiger partial charge is 0.467 e. The monoisotopic (exact) mass is 517 g/mol. The van der Waals surface area contributed by atoms with Crippen LogP contribution in [0.1, 0.15) is 26.3 Å². The molecule has 1 aromatic rings. The van der Waals surface area contributed by atoms with Gasteiger partial charge < -0.3 is 29.4 Å². The molecule has 12 nitrogen and oxygen atoms in total. The minimum absolute atomic E-state index is 0.0979. The Morgan fingerprint density at radius 2 is 1.83 bits per heavy atom. The number of esters is 2. The molecule has 0 aromatic heterocycles. The summed E-state index contributed by atoms with van der Waals surface area (Å²) in [6, 6.07) is 7.36. The van der Waals surface area contributed by atoms with E-state index >= 15 is 0 Å². The van der Waals surface area contributed by atoms with Crippen LogP contribution in [0.3, 0.4) is 0 Å². The van der Waals surface area contributed by atoms with Crippen LogP contribution in [0.2, 0.25) is 0 Å². The smallest absolute Gasteiger partial charge is 0.334 e. The molecular weight excluding hydrogens is 486 g/mol. The highest BCUT2D eigenvalue weighted by molar-refractivity contribution is 7.85. The maximum atomic E-state index is 12.2. The molecule has 0 aliphatic carbocycles. The van der Waals surface area contributed by atoms with Gasteiger partial charge in [-0.3, -0.25) is 13.8 Å². The highest BCUT2D eigenvalue weighted by atomic mass is 32.2. The van der Waals surface area contributed by atoms with Gasteiger partial charge in [-0.15, -0.1) is 0 Å². The first-order valence-corrected chi connectivity index (χ1v) is 12.5. The van der Waals surface area contributed by atoms with E-state index in [0.29, 0.717) is 5.56 Å². The molecule has 0 saturated carbocycles. The average molecular weight is 518 g/mol. The summed E-state index contributed by atoms with van der Waals surface area (Å²) in [5.41, 5.74) is 0.640. The van der Waals surface area contributed by atoms with Crippen LogP contribution in [-0.2, 0) is 54.1 Å². The van der Waals surface area contributed by atoms with Crippen molar-refractivity contribution in [2.45, 2.75) is 63.4 Å². The van der Waals surface area contributed by atoms with Crippen LogP contribution in [-0.4, -0.2) is 87.6 Å². The number of aliphatic hydroxyl groups is 1. The molecule has 1 aliphatic rings. The standard InChI is InChI=1S/C22H31NO11S/c1-13(21(27)30-4)33-22(11-16-9-7-6-8-10-16)20(23-14(2)24)18(26)19(32-15(3)25)17(34-22)12-31-35(5,28)29/h6-10,13,17-20,26H,11-12H2,1-5H3,(H,23,24)/t13?,17-,18+,19-,20-,22+/m1/s1. The summed E-state index contributed by atoms with van der Waals surface area (Å²) in [4.78, 5) is 36.1. The SMILES string of the molecule is COC(=O)C(C)O[C@@]1(Cc2ccccc2)O[C@H](COS(C)(=O)=O)[C@@H](OC(C)=O)[C@H](O)[C@H]1NC(C)=O. The van der Waals surface area contributed by atoms with Gasteiger partial charge in [0.15, 0.2) is 18.0 Å². The van der Waals surface area contributed by atoms with Crippen LogP contribution >= 0.6 is 0 Å². The van der Waals surface area contributed by atoms with Gasteiger partial charge in [0.1, 0.15) is 18.2 Å². The van der Waals surface area contributed by atoms with E-state index in [1.54, 1.807) is 30.3 Å². The number of ether oxygens (including phenoxy) is 4. The molecule has 6 atom stereocenters. The third-order valence-corrected chi connectivity index (χ3v) is 5.74. The number of amides is 1. The van der Waals surface area contributed by atoms with E-state index in [-0.39, 0.29) is 6.42 Å². The third-order valence-electron chi connectivity index (χ3n) is 5.18. The Hall–Kier alpha value is -2.58. The van der Waals surface area contributed by atoms with Crippen molar-refractivity contribution in [1.82, 2.24) is 5.32 Å². The Labute approximate surface area is 203 Å². The lowest BCUT2D eigenvalue weighted by Gasteiger charge is -2.51. The molecule has 1 fully saturated rings. The number of carbonyl (C=O) groups is 3. The van der Waals surface area contributed by atoms with Gasteiger partial charge in [0.05, 0.1) is 20.0 Å². The summed E-state index contributed by atoms with van der Waals surface area (Å²) in [6.45, 7) is 3.03. The van der Waals surface area contributed by atoms with E-state index < -0.39 is 70.8 Å². The maximum Gasteiger partial charge on any atom is 0.334 e. The van der Waals surface area contributed by atoms with Gasteiger partial charge in [0.25, 0.3) is 10.1 Å². The van der Waals surface area contributed by atoms with Gasteiger partial charge in [-0.1, -0.05) is 30.3 Å². The number of hydrogen-bond donors (Lipinski definition) is 2. The van der Waals surface area contributed by atoms with Crippen molar-refractivity contribution in [1.29, 1.82) is 0 Å². The Balaban J connectivity index is 2.63. The maximum absolute atomic E-state index is 12.2. The summed E-state index contributed by atoms with van der Waals surface area (Å²) in [7, 11) is -2.79. The predicted molar refractivity (Wildman–Crippen MR) is 120 cm³/mol. The van der Waals surface area contributed by atoms with Gasteiger partial charge in [-0.05, 0) is 12.5 Å². The molecule has 2 rings (SSSR count). The van der Waals surface area contributed by atoms with Gasteiger partial charge in [-0.2, -0.15) is 8.42 Å². The quantitative estimate of drug-likeness (QED) is 0.309. The molecule has 196 valence electrons. The fraction of sp³-hybridized carbons (Fsp3) is 0.591. The first-order chi connectivity index (χ1) is 16.3. The van der Waals surface area contributed by atoms with Crippen molar-refractivity contribution in [3.8, 4) is 0 Å². The average Bonchev–Trinajstić information content (AvgIpc) is 2.76. The molecule has 2 N–H and O–H groups in total. The molecule has 1 saturated heterocycles. The summed E-state index contributed by atoms with van der Waals surface area (Å²) in [6.07, 6.45) is -4.94. The number of hydrogen-bond acceptors (Lipinski definition) is 11. The van der Waals surface area contributed by atoms with E-state index in [1.165, 1.54) is 13.8 Å². The molecule has 1 amide bonds. The number of benzene rings is 1. The lowest BCUT2D eigenvalue weighted by atomic mass is 9.86. The molecule has 35 heavy (non-hydrogen) atoms. The molecular formula is C22H31NO11S. The summed E-state index contributed by atoms with van der Waals surface area (Å²) in [5, 5.41) is 13.8. The van der Waals surface area contributed by atoms with Crippen molar-refractivity contribution < 1.29 is 51.0 Å². The molecule has 0 bridgehead atoms. The Bertz CT molecular complexity index is 1000. The normalized spacial score (nSPS) is 27.5. The molecule has 0 radical (unpaired) electrons. The van der Waals surface area contributed by atoms with Crippen LogP contribution in [0.15, 0.2) is 30.3 Å². The lowest BCUT2D eigenvalue weighted by Crippen LogP contribution is -2.73. The van der Waals surface area contributed by atoms with E-state index in [4.69, 9.17) is 23.1 Å².